The molecule has 1 aliphatic rings. The Morgan fingerprint density at radius 2 is 1.79 bits per heavy atom. The Kier molecular flexibility index (Phi) is 6.36. The third-order valence-electron chi connectivity index (χ3n) is 4.63. The highest BCUT2D eigenvalue weighted by Gasteiger charge is 2.25. The molecule has 0 aromatic heterocycles. The van der Waals surface area contributed by atoms with Crippen molar-refractivity contribution in [1.29, 1.82) is 0 Å². The summed E-state index contributed by atoms with van der Waals surface area (Å²) in [6, 6.07) is 8.17. The van der Waals surface area contributed by atoms with E-state index >= 15 is 0 Å². The maximum atomic E-state index is 13.0. The van der Waals surface area contributed by atoms with Crippen LogP contribution in [0.15, 0.2) is 36.4 Å². The Balaban J connectivity index is 1.91. The third-order valence-corrected chi connectivity index (χ3v) is 5.15. The van der Waals surface area contributed by atoms with E-state index in [-0.39, 0.29) is 38.5 Å². The van der Waals surface area contributed by atoms with E-state index in [1.54, 1.807) is 4.90 Å². The van der Waals surface area contributed by atoms with E-state index in [1.807, 2.05) is 7.05 Å². The summed E-state index contributed by atoms with van der Waals surface area (Å²) in [5, 5.41) is 13.9. The Morgan fingerprint density at radius 3 is 2.45 bits per heavy atom. The molecular weight excluding hydrogens is 419 g/mol. The number of piperazine rings is 1. The van der Waals surface area contributed by atoms with Crippen LogP contribution in [0.25, 0.3) is 0 Å². The molecular formula is C19H18Cl2N4O4. The molecule has 0 bridgehead atoms. The summed E-state index contributed by atoms with van der Waals surface area (Å²) in [6.07, 6.45) is 0. The van der Waals surface area contributed by atoms with Crippen molar-refractivity contribution in [2.24, 2.45) is 0 Å². The number of hydrogen-bond donors (Lipinski definition) is 1. The zero-order chi connectivity index (χ0) is 21.1. The summed E-state index contributed by atoms with van der Waals surface area (Å²) >= 11 is 12.4. The molecule has 0 aliphatic carbocycles. The fourth-order valence-electron chi connectivity index (χ4n) is 3.00. The van der Waals surface area contributed by atoms with Gasteiger partial charge in [-0.25, -0.2) is 0 Å². The number of anilines is 1. The second-order valence-corrected chi connectivity index (χ2v) is 7.51. The van der Waals surface area contributed by atoms with E-state index in [1.165, 1.54) is 30.3 Å². The Hall–Kier alpha value is -2.68. The predicted octanol–water partition coefficient (Wildman–Crippen LogP) is 3.54. The minimum Gasteiger partial charge on any atom is -0.336 e. The van der Waals surface area contributed by atoms with E-state index in [0.29, 0.717) is 13.1 Å². The van der Waals surface area contributed by atoms with Gasteiger partial charge in [-0.3, -0.25) is 19.7 Å². The van der Waals surface area contributed by atoms with Crippen LogP contribution in [-0.4, -0.2) is 59.8 Å². The highest BCUT2D eigenvalue weighted by atomic mass is 35.5. The second-order valence-electron chi connectivity index (χ2n) is 6.67. The molecule has 0 unspecified atom stereocenters. The van der Waals surface area contributed by atoms with Gasteiger partial charge >= 0.3 is 0 Å². The number of amides is 2. The first-order valence-corrected chi connectivity index (χ1v) is 9.54. The molecule has 2 amide bonds. The van der Waals surface area contributed by atoms with Crippen LogP contribution in [0.5, 0.6) is 0 Å². The number of hydrogen-bond acceptors (Lipinski definition) is 5. The molecule has 1 aliphatic heterocycles. The van der Waals surface area contributed by atoms with E-state index < -0.39 is 10.8 Å². The van der Waals surface area contributed by atoms with E-state index in [9.17, 15) is 19.7 Å². The molecule has 1 N–H and O–H groups in total. The van der Waals surface area contributed by atoms with E-state index in [0.717, 1.165) is 19.2 Å². The predicted molar refractivity (Wildman–Crippen MR) is 111 cm³/mol. The van der Waals surface area contributed by atoms with Crippen LogP contribution in [0.2, 0.25) is 10.0 Å². The number of nitro groups is 1. The van der Waals surface area contributed by atoms with Gasteiger partial charge in [0.15, 0.2) is 0 Å². The molecule has 10 heteroatoms. The van der Waals surface area contributed by atoms with Crippen LogP contribution in [0, 0.1) is 10.1 Å². The van der Waals surface area contributed by atoms with Gasteiger partial charge in [-0.15, -0.1) is 0 Å². The lowest BCUT2D eigenvalue weighted by atomic mass is 10.1. The molecule has 29 heavy (non-hydrogen) atoms. The summed E-state index contributed by atoms with van der Waals surface area (Å²) in [5.41, 5.74) is 0.152. The lowest BCUT2D eigenvalue weighted by Crippen LogP contribution is -2.47. The number of carbonyl (C=O) groups is 2. The van der Waals surface area contributed by atoms with Crippen LogP contribution in [0.1, 0.15) is 20.7 Å². The first-order valence-electron chi connectivity index (χ1n) is 8.79. The van der Waals surface area contributed by atoms with Gasteiger partial charge in [-0.2, -0.15) is 0 Å². The van der Waals surface area contributed by atoms with E-state index in [4.69, 9.17) is 23.2 Å². The average molecular weight is 437 g/mol. The molecule has 1 saturated heterocycles. The van der Waals surface area contributed by atoms with Gasteiger partial charge in [-0.05, 0) is 25.2 Å². The molecule has 1 heterocycles. The maximum absolute atomic E-state index is 13.0. The Labute approximate surface area is 177 Å². The molecule has 152 valence electrons. The Morgan fingerprint density at radius 1 is 1.10 bits per heavy atom. The fraction of sp³-hybridized carbons (Fsp3) is 0.263. The monoisotopic (exact) mass is 436 g/mol. The first-order chi connectivity index (χ1) is 13.8. The van der Waals surface area contributed by atoms with Crippen molar-refractivity contribution in [1.82, 2.24) is 9.80 Å². The molecule has 2 aromatic carbocycles. The van der Waals surface area contributed by atoms with Crippen LogP contribution in [0.4, 0.5) is 11.4 Å². The van der Waals surface area contributed by atoms with E-state index in [2.05, 4.69) is 10.2 Å². The van der Waals surface area contributed by atoms with Gasteiger partial charge < -0.3 is 15.1 Å². The smallest absolute Gasteiger partial charge is 0.270 e. The topological polar surface area (TPSA) is 95.8 Å². The van der Waals surface area contributed by atoms with Gasteiger partial charge in [0.05, 0.1) is 21.2 Å². The molecule has 1 fully saturated rings. The quantitative estimate of drug-likeness (QED) is 0.583. The van der Waals surface area contributed by atoms with Crippen molar-refractivity contribution >= 4 is 46.4 Å². The molecule has 0 spiro atoms. The van der Waals surface area contributed by atoms with Crippen molar-refractivity contribution in [3.63, 3.8) is 0 Å². The van der Waals surface area contributed by atoms with Gasteiger partial charge in [0.2, 0.25) is 0 Å². The first kappa shape index (κ1) is 21.0. The minimum absolute atomic E-state index is 0.0724. The van der Waals surface area contributed by atoms with Crippen molar-refractivity contribution in [3.8, 4) is 0 Å². The van der Waals surface area contributed by atoms with Crippen LogP contribution in [0.3, 0.4) is 0 Å². The average Bonchev–Trinajstić information content (AvgIpc) is 2.69. The van der Waals surface area contributed by atoms with Gasteiger partial charge in [0, 0.05) is 48.9 Å². The number of nitrogens with zero attached hydrogens (tertiary/aromatic N) is 3. The SMILES string of the molecule is CN1CCN(C(=O)c2cc(Cl)cc(Cl)c2NC(=O)c2cccc([N+](=O)[O-])c2)CC1. The third kappa shape index (κ3) is 4.84. The second kappa shape index (κ2) is 8.77. The van der Waals surface area contributed by atoms with Gasteiger partial charge in [-0.1, -0.05) is 29.3 Å². The fourth-order valence-corrected chi connectivity index (χ4v) is 3.54. The molecule has 3 rings (SSSR count). The number of non-ortho nitro benzene ring substituents is 1. The molecule has 0 saturated carbocycles. The summed E-state index contributed by atoms with van der Waals surface area (Å²) in [4.78, 5) is 39.9. The zero-order valence-electron chi connectivity index (χ0n) is 15.5. The van der Waals surface area contributed by atoms with Crippen LogP contribution >= 0.6 is 23.2 Å². The molecule has 2 aromatic rings. The van der Waals surface area contributed by atoms with Gasteiger partial charge in [0.1, 0.15) is 0 Å². The molecule has 0 atom stereocenters. The standard InChI is InChI=1S/C19H18Cl2N4O4/c1-23-5-7-24(8-6-23)19(27)15-10-13(20)11-16(21)17(15)22-18(26)12-3-2-4-14(9-12)25(28)29/h2-4,9-11H,5-8H2,1H3,(H,22,26). The summed E-state index contributed by atoms with van der Waals surface area (Å²) in [6.45, 7) is 2.54. The van der Waals surface area contributed by atoms with Crippen molar-refractivity contribution in [2.75, 3.05) is 38.5 Å². The molecule has 8 nitrogen and oxygen atoms in total. The lowest BCUT2D eigenvalue weighted by molar-refractivity contribution is -0.384. The van der Waals surface area contributed by atoms with Gasteiger partial charge in [0.25, 0.3) is 17.5 Å². The van der Waals surface area contributed by atoms with Crippen LogP contribution < -0.4 is 5.32 Å². The number of rotatable bonds is 4. The number of benzene rings is 2. The summed E-state index contributed by atoms with van der Waals surface area (Å²) < 4.78 is 0. The zero-order valence-corrected chi connectivity index (χ0v) is 17.0. The normalized spacial score (nSPS) is 14.5. The summed E-state index contributed by atoms with van der Waals surface area (Å²) in [5.74, 6) is -0.915. The lowest BCUT2D eigenvalue weighted by Gasteiger charge is -2.33. The number of likely N-dealkylation sites (N-methyl/N-ethyl adjacent to an activating group) is 1. The number of carbonyl (C=O) groups excluding carboxylic acids is 2. The minimum atomic E-state index is -0.620. The Bertz CT molecular complexity index is 975. The number of nitrogens with one attached hydrogen (secondary N) is 1. The molecule has 0 radical (unpaired) electrons. The number of halogens is 2. The van der Waals surface area contributed by atoms with Crippen molar-refractivity contribution in [3.05, 3.63) is 67.7 Å². The summed E-state index contributed by atoms with van der Waals surface area (Å²) in [7, 11) is 1.97. The largest absolute Gasteiger partial charge is 0.336 e. The van der Waals surface area contributed by atoms with Crippen LogP contribution in [-0.2, 0) is 0 Å². The highest BCUT2D eigenvalue weighted by molar-refractivity contribution is 6.38. The van der Waals surface area contributed by atoms with Crippen molar-refractivity contribution in [2.45, 2.75) is 0 Å². The maximum Gasteiger partial charge on any atom is 0.270 e. The highest BCUT2D eigenvalue weighted by Crippen LogP contribution is 2.32. The van der Waals surface area contributed by atoms with Crippen molar-refractivity contribution < 1.29 is 14.5 Å². The number of nitro benzene ring substituents is 1.